The minimum absolute atomic E-state index is 0.0186. The number of ether oxygens (including phenoxy) is 1. The van der Waals surface area contributed by atoms with Crippen LogP contribution in [0.3, 0.4) is 0 Å². The van der Waals surface area contributed by atoms with Crippen LogP contribution in [0.1, 0.15) is 24.0 Å². The quantitative estimate of drug-likeness (QED) is 0.131. The first kappa shape index (κ1) is 26.5. The van der Waals surface area contributed by atoms with Gasteiger partial charge >= 0.3 is 5.97 Å². The van der Waals surface area contributed by atoms with E-state index in [1.54, 1.807) is 0 Å². The molecule has 36 heavy (non-hydrogen) atoms. The Balaban J connectivity index is 1.49. The van der Waals surface area contributed by atoms with Gasteiger partial charge in [-0.15, -0.1) is 0 Å². The monoisotopic (exact) mass is 510 g/mol. The number of hydrogen-bond donors (Lipinski definition) is 2. The van der Waals surface area contributed by atoms with Crippen LogP contribution in [0.25, 0.3) is 6.08 Å². The average molecular weight is 511 g/mol. The molecule has 0 bridgehead atoms. The third kappa shape index (κ3) is 7.98. The molecular formula is C25H26N4O6S. The SMILES string of the molecule is O=C(/C=C/c1ccc([N+](=O)[O-])cc1)NC(=S)N1CCNC(=O)C1CC(=O)OCCCc1ccccc1. The number of piperazine rings is 1. The topological polar surface area (TPSA) is 131 Å². The van der Waals surface area contributed by atoms with Crippen molar-refractivity contribution in [3.05, 3.63) is 81.9 Å². The lowest BCUT2D eigenvalue weighted by molar-refractivity contribution is -0.384. The number of nitro groups is 1. The van der Waals surface area contributed by atoms with Gasteiger partial charge in [-0.1, -0.05) is 30.3 Å². The Labute approximate surface area is 213 Å². The van der Waals surface area contributed by atoms with Crippen LogP contribution in [0.5, 0.6) is 0 Å². The molecule has 1 fully saturated rings. The van der Waals surface area contributed by atoms with Gasteiger partial charge in [-0.3, -0.25) is 29.8 Å². The zero-order valence-corrected chi connectivity index (χ0v) is 20.2. The van der Waals surface area contributed by atoms with E-state index in [1.807, 2.05) is 30.3 Å². The third-order valence-electron chi connectivity index (χ3n) is 5.43. The van der Waals surface area contributed by atoms with Crippen LogP contribution < -0.4 is 10.6 Å². The fraction of sp³-hybridized carbons (Fsp3) is 0.280. The van der Waals surface area contributed by atoms with Crippen molar-refractivity contribution in [2.45, 2.75) is 25.3 Å². The Morgan fingerprint density at radius 2 is 1.92 bits per heavy atom. The van der Waals surface area contributed by atoms with Gasteiger partial charge in [-0.05, 0) is 54.4 Å². The van der Waals surface area contributed by atoms with Gasteiger partial charge in [-0.2, -0.15) is 0 Å². The van der Waals surface area contributed by atoms with E-state index in [0.29, 0.717) is 25.1 Å². The molecule has 2 aromatic rings. The molecule has 11 heteroatoms. The van der Waals surface area contributed by atoms with Gasteiger partial charge in [0, 0.05) is 31.3 Å². The molecule has 10 nitrogen and oxygen atoms in total. The number of esters is 1. The molecule has 2 N–H and O–H groups in total. The summed E-state index contributed by atoms with van der Waals surface area (Å²) in [7, 11) is 0. The van der Waals surface area contributed by atoms with Crippen molar-refractivity contribution in [1.82, 2.24) is 15.5 Å². The summed E-state index contributed by atoms with van der Waals surface area (Å²) in [5.41, 5.74) is 1.68. The molecule has 3 rings (SSSR count). The number of aryl methyl sites for hydroxylation is 1. The summed E-state index contributed by atoms with van der Waals surface area (Å²) in [6.07, 6.45) is 3.94. The molecule has 2 aromatic carbocycles. The Morgan fingerprint density at radius 3 is 2.61 bits per heavy atom. The predicted molar refractivity (Wildman–Crippen MR) is 137 cm³/mol. The number of amides is 2. The highest BCUT2D eigenvalue weighted by molar-refractivity contribution is 7.80. The highest BCUT2D eigenvalue weighted by atomic mass is 32.1. The second-order valence-corrected chi connectivity index (χ2v) is 8.38. The van der Waals surface area contributed by atoms with Crippen LogP contribution in [0.4, 0.5) is 5.69 Å². The van der Waals surface area contributed by atoms with Crippen molar-refractivity contribution < 1.29 is 24.0 Å². The van der Waals surface area contributed by atoms with Crippen LogP contribution in [0.2, 0.25) is 0 Å². The Hall–Kier alpha value is -4.12. The Morgan fingerprint density at radius 1 is 1.19 bits per heavy atom. The lowest BCUT2D eigenvalue weighted by atomic mass is 10.1. The summed E-state index contributed by atoms with van der Waals surface area (Å²) in [6.45, 7) is 0.871. The minimum atomic E-state index is -0.896. The molecule has 2 amide bonds. The molecule has 0 spiro atoms. The lowest BCUT2D eigenvalue weighted by Gasteiger charge is -2.36. The maximum Gasteiger partial charge on any atom is 0.308 e. The number of non-ortho nitro benzene ring substituents is 1. The summed E-state index contributed by atoms with van der Waals surface area (Å²) in [5.74, 6) is -1.44. The maximum absolute atomic E-state index is 12.4. The summed E-state index contributed by atoms with van der Waals surface area (Å²) in [4.78, 5) is 48.9. The van der Waals surface area contributed by atoms with E-state index in [0.717, 1.165) is 12.0 Å². The number of nitro benzene ring substituents is 1. The molecular weight excluding hydrogens is 484 g/mol. The van der Waals surface area contributed by atoms with Gasteiger partial charge in [0.05, 0.1) is 18.0 Å². The van der Waals surface area contributed by atoms with Gasteiger partial charge in [-0.25, -0.2) is 0 Å². The molecule has 0 aliphatic carbocycles. The van der Waals surface area contributed by atoms with Gasteiger partial charge in [0.25, 0.3) is 5.69 Å². The number of thiocarbonyl (C=S) groups is 1. The molecule has 0 saturated carbocycles. The largest absolute Gasteiger partial charge is 0.466 e. The summed E-state index contributed by atoms with van der Waals surface area (Å²) >= 11 is 5.32. The molecule has 1 unspecified atom stereocenters. The van der Waals surface area contributed by atoms with Crippen LogP contribution in [-0.4, -0.2) is 58.5 Å². The second kappa shape index (κ2) is 13.1. The summed E-state index contributed by atoms with van der Waals surface area (Å²) < 4.78 is 5.31. The number of benzene rings is 2. The van der Waals surface area contributed by atoms with Gasteiger partial charge in [0.1, 0.15) is 6.04 Å². The van der Waals surface area contributed by atoms with Crippen LogP contribution in [-0.2, 0) is 25.5 Å². The van der Waals surface area contributed by atoms with E-state index in [2.05, 4.69) is 10.6 Å². The van der Waals surface area contributed by atoms with Crippen LogP contribution in [0.15, 0.2) is 60.7 Å². The Kier molecular flexibility index (Phi) is 9.64. The minimum Gasteiger partial charge on any atom is -0.466 e. The number of hydrogen-bond acceptors (Lipinski definition) is 7. The first-order valence-electron chi connectivity index (χ1n) is 11.3. The van der Waals surface area contributed by atoms with Crippen molar-refractivity contribution in [1.29, 1.82) is 0 Å². The van der Waals surface area contributed by atoms with Crippen molar-refractivity contribution >= 4 is 46.9 Å². The second-order valence-electron chi connectivity index (χ2n) is 7.99. The number of carbonyl (C=O) groups is 3. The van der Waals surface area contributed by atoms with Crippen molar-refractivity contribution in [2.75, 3.05) is 19.7 Å². The zero-order chi connectivity index (χ0) is 25.9. The normalized spacial score (nSPS) is 15.3. The maximum atomic E-state index is 12.4. The first-order valence-corrected chi connectivity index (χ1v) is 11.8. The Bertz CT molecular complexity index is 1140. The van der Waals surface area contributed by atoms with Crippen molar-refractivity contribution in [3.8, 4) is 0 Å². The number of carbonyl (C=O) groups excluding carboxylic acids is 3. The smallest absolute Gasteiger partial charge is 0.308 e. The summed E-state index contributed by atoms with van der Waals surface area (Å²) in [5, 5.41) is 16.0. The summed E-state index contributed by atoms with van der Waals surface area (Å²) in [6, 6.07) is 14.6. The van der Waals surface area contributed by atoms with Gasteiger partial charge in [0.15, 0.2) is 5.11 Å². The van der Waals surface area contributed by atoms with E-state index in [-0.39, 0.29) is 29.7 Å². The third-order valence-corrected chi connectivity index (χ3v) is 5.77. The zero-order valence-electron chi connectivity index (χ0n) is 19.4. The highest BCUT2D eigenvalue weighted by Gasteiger charge is 2.34. The van der Waals surface area contributed by atoms with Crippen molar-refractivity contribution in [3.63, 3.8) is 0 Å². The predicted octanol–water partition coefficient (Wildman–Crippen LogP) is 2.38. The molecule has 1 aliphatic rings. The van der Waals surface area contributed by atoms with E-state index in [9.17, 15) is 24.5 Å². The van der Waals surface area contributed by atoms with E-state index in [4.69, 9.17) is 17.0 Å². The molecule has 1 saturated heterocycles. The molecule has 0 radical (unpaired) electrons. The molecule has 1 atom stereocenters. The van der Waals surface area contributed by atoms with Gasteiger partial charge in [0.2, 0.25) is 11.8 Å². The number of nitrogens with zero attached hydrogens (tertiary/aromatic N) is 2. The molecule has 1 aliphatic heterocycles. The number of nitrogens with one attached hydrogen (secondary N) is 2. The van der Waals surface area contributed by atoms with Crippen LogP contribution >= 0.6 is 12.2 Å². The van der Waals surface area contributed by atoms with E-state index in [1.165, 1.54) is 41.3 Å². The van der Waals surface area contributed by atoms with Gasteiger partial charge < -0.3 is 15.0 Å². The number of rotatable bonds is 9. The van der Waals surface area contributed by atoms with Crippen molar-refractivity contribution in [2.24, 2.45) is 0 Å². The first-order chi connectivity index (χ1) is 17.3. The van der Waals surface area contributed by atoms with E-state index >= 15 is 0 Å². The van der Waals surface area contributed by atoms with Crippen LogP contribution in [0, 0.1) is 10.1 Å². The highest BCUT2D eigenvalue weighted by Crippen LogP contribution is 2.14. The lowest BCUT2D eigenvalue weighted by Crippen LogP contribution is -2.60. The molecule has 1 heterocycles. The fourth-order valence-corrected chi connectivity index (χ4v) is 3.90. The molecule has 188 valence electrons. The fourth-order valence-electron chi connectivity index (χ4n) is 3.58. The van der Waals surface area contributed by atoms with E-state index < -0.39 is 22.8 Å². The average Bonchev–Trinajstić information content (AvgIpc) is 2.87. The standard InChI is InChI=1S/C25H26N4O6S/c30-22(13-10-19-8-11-20(12-9-19)29(33)34)27-25(36)28-15-14-26-24(32)21(28)17-23(31)35-16-4-7-18-5-2-1-3-6-18/h1-3,5-6,8-13,21H,4,7,14-17H2,(H,26,32)(H,27,30,36)/b13-10+. The molecule has 0 aromatic heterocycles.